The second-order valence-electron chi connectivity index (χ2n) is 6.12. The van der Waals surface area contributed by atoms with Gasteiger partial charge in [0.05, 0.1) is 19.3 Å². The molecule has 0 N–H and O–H groups in total. The SMILES string of the molecule is COc1ccc(C(=O)COC(=O)c2c(C)nn(Cc3ccccc3)c2Cl)cc1. The van der Waals surface area contributed by atoms with E-state index in [-0.39, 0.29) is 23.1 Å². The summed E-state index contributed by atoms with van der Waals surface area (Å²) in [6, 6.07) is 16.2. The van der Waals surface area contributed by atoms with Gasteiger partial charge in [0.15, 0.2) is 12.4 Å². The molecule has 0 spiro atoms. The molecule has 7 heteroatoms. The summed E-state index contributed by atoms with van der Waals surface area (Å²) < 4.78 is 11.8. The van der Waals surface area contributed by atoms with Crippen molar-refractivity contribution in [1.82, 2.24) is 9.78 Å². The van der Waals surface area contributed by atoms with Gasteiger partial charge in [-0.2, -0.15) is 5.10 Å². The van der Waals surface area contributed by atoms with Gasteiger partial charge in [-0.05, 0) is 36.8 Å². The Hall–Kier alpha value is -3.12. The molecular weight excluding hydrogens is 380 g/mol. The second kappa shape index (κ2) is 8.71. The Morgan fingerprint density at radius 2 is 1.75 bits per heavy atom. The number of rotatable bonds is 7. The van der Waals surface area contributed by atoms with Crippen LogP contribution >= 0.6 is 11.6 Å². The first-order valence-corrected chi connectivity index (χ1v) is 8.98. The third-order valence-electron chi connectivity index (χ3n) is 4.19. The first kappa shape index (κ1) is 19.6. The first-order valence-electron chi connectivity index (χ1n) is 8.61. The van der Waals surface area contributed by atoms with Gasteiger partial charge in [-0.15, -0.1) is 0 Å². The maximum absolute atomic E-state index is 12.5. The van der Waals surface area contributed by atoms with Crippen LogP contribution in [0.15, 0.2) is 54.6 Å². The van der Waals surface area contributed by atoms with Crippen LogP contribution in [0.2, 0.25) is 5.15 Å². The Kier molecular flexibility index (Phi) is 6.11. The lowest BCUT2D eigenvalue weighted by atomic mass is 10.1. The Morgan fingerprint density at radius 1 is 1.07 bits per heavy atom. The van der Waals surface area contributed by atoms with Gasteiger partial charge in [0, 0.05) is 5.56 Å². The van der Waals surface area contributed by atoms with E-state index in [1.54, 1.807) is 38.3 Å². The van der Waals surface area contributed by atoms with E-state index in [1.165, 1.54) is 4.68 Å². The average Bonchev–Trinajstić information content (AvgIpc) is 2.99. The van der Waals surface area contributed by atoms with Crippen LogP contribution in [0.3, 0.4) is 0 Å². The predicted molar refractivity (Wildman–Crippen MR) is 105 cm³/mol. The molecule has 0 saturated heterocycles. The lowest BCUT2D eigenvalue weighted by molar-refractivity contribution is 0.0474. The minimum atomic E-state index is -0.677. The van der Waals surface area contributed by atoms with E-state index < -0.39 is 5.97 Å². The van der Waals surface area contributed by atoms with Crippen molar-refractivity contribution < 1.29 is 19.1 Å². The lowest BCUT2D eigenvalue weighted by Crippen LogP contribution is -2.15. The molecule has 1 heterocycles. The van der Waals surface area contributed by atoms with Crippen molar-refractivity contribution in [2.75, 3.05) is 13.7 Å². The molecule has 144 valence electrons. The summed E-state index contributed by atoms with van der Waals surface area (Å²) >= 11 is 6.34. The number of hydrogen-bond acceptors (Lipinski definition) is 5. The van der Waals surface area contributed by atoms with Gasteiger partial charge in [0.2, 0.25) is 0 Å². The highest BCUT2D eigenvalue weighted by Crippen LogP contribution is 2.22. The summed E-state index contributed by atoms with van der Waals surface area (Å²) in [5.74, 6) is -0.355. The van der Waals surface area contributed by atoms with Crippen molar-refractivity contribution in [3.8, 4) is 5.75 Å². The Morgan fingerprint density at radius 3 is 2.39 bits per heavy atom. The van der Waals surface area contributed by atoms with Crippen molar-refractivity contribution in [3.05, 3.63) is 82.1 Å². The van der Waals surface area contributed by atoms with Crippen molar-refractivity contribution in [2.24, 2.45) is 0 Å². The zero-order valence-electron chi connectivity index (χ0n) is 15.5. The summed E-state index contributed by atoms with van der Waals surface area (Å²) in [4.78, 5) is 24.7. The van der Waals surface area contributed by atoms with Crippen molar-refractivity contribution in [1.29, 1.82) is 0 Å². The molecule has 0 aliphatic heterocycles. The van der Waals surface area contributed by atoms with Crippen LogP contribution in [0.1, 0.15) is 32.0 Å². The summed E-state index contributed by atoms with van der Waals surface area (Å²) in [7, 11) is 1.54. The molecule has 6 nitrogen and oxygen atoms in total. The van der Waals surface area contributed by atoms with E-state index in [0.29, 0.717) is 23.6 Å². The molecule has 0 amide bonds. The Balaban J connectivity index is 1.67. The van der Waals surface area contributed by atoms with Crippen LogP contribution in [0.25, 0.3) is 0 Å². The molecule has 2 aromatic carbocycles. The Bertz CT molecular complexity index is 982. The van der Waals surface area contributed by atoms with Gasteiger partial charge in [-0.3, -0.25) is 4.79 Å². The zero-order chi connectivity index (χ0) is 20.1. The molecule has 0 radical (unpaired) electrons. The second-order valence-corrected chi connectivity index (χ2v) is 6.48. The van der Waals surface area contributed by atoms with E-state index >= 15 is 0 Å². The topological polar surface area (TPSA) is 70.4 Å². The quantitative estimate of drug-likeness (QED) is 0.445. The van der Waals surface area contributed by atoms with Gasteiger partial charge in [0.1, 0.15) is 16.5 Å². The average molecular weight is 399 g/mol. The third kappa shape index (κ3) is 4.40. The number of Topliss-reactive ketones (excluding diaryl/α,β-unsaturated/α-hetero) is 1. The van der Waals surface area contributed by atoms with Crippen LogP contribution in [0.4, 0.5) is 0 Å². The molecule has 0 fully saturated rings. The molecule has 0 unspecified atom stereocenters. The van der Waals surface area contributed by atoms with Crippen LogP contribution < -0.4 is 4.74 Å². The summed E-state index contributed by atoms with van der Waals surface area (Å²) in [6.07, 6.45) is 0. The fourth-order valence-electron chi connectivity index (χ4n) is 2.71. The van der Waals surface area contributed by atoms with Gasteiger partial charge in [-0.1, -0.05) is 41.9 Å². The van der Waals surface area contributed by atoms with E-state index in [0.717, 1.165) is 5.56 Å². The first-order chi connectivity index (χ1) is 13.5. The fourth-order valence-corrected chi connectivity index (χ4v) is 3.02. The van der Waals surface area contributed by atoms with Gasteiger partial charge < -0.3 is 9.47 Å². The number of carbonyl (C=O) groups excluding carboxylic acids is 2. The predicted octanol–water partition coefficient (Wildman–Crippen LogP) is 3.94. The molecule has 0 saturated carbocycles. The number of carbonyl (C=O) groups is 2. The van der Waals surface area contributed by atoms with E-state index in [1.807, 2.05) is 30.3 Å². The number of esters is 1. The molecule has 1 aromatic heterocycles. The standard InChI is InChI=1S/C21H19ClN2O4/c1-14-19(20(22)24(23-14)12-15-6-4-3-5-7-15)21(26)28-13-18(25)16-8-10-17(27-2)11-9-16/h3-11H,12-13H2,1-2H3. The molecule has 28 heavy (non-hydrogen) atoms. The molecule has 3 rings (SSSR count). The lowest BCUT2D eigenvalue weighted by Gasteiger charge is -2.06. The smallest absolute Gasteiger partial charge is 0.343 e. The van der Waals surface area contributed by atoms with Crippen LogP contribution in [0, 0.1) is 6.92 Å². The number of aromatic nitrogens is 2. The zero-order valence-corrected chi connectivity index (χ0v) is 16.3. The van der Waals surface area contributed by atoms with Crippen molar-refractivity contribution in [3.63, 3.8) is 0 Å². The van der Waals surface area contributed by atoms with Crippen molar-refractivity contribution in [2.45, 2.75) is 13.5 Å². The minimum absolute atomic E-state index is 0.167. The summed E-state index contributed by atoms with van der Waals surface area (Å²) in [6.45, 7) is 1.72. The van der Waals surface area contributed by atoms with Gasteiger partial charge >= 0.3 is 5.97 Å². The maximum Gasteiger partial charge on any atom is 0.343 e. The number of methoxy groups -OCH3 is 1. The normalized spacial score (nSPS) is 10.5. The monoisotopic (exact) mass is 398 g/mol. The number of ether oxygens (including phenoxy) is 2. The number of nitrogens with zero attached hydrogens (tertiary/aromatic N) is 2. The number of halogens is 1. The molecule has 0 aliphatic rings. The van der Waals surface area contributed by atoms with Crippen LogP contribution in [-0.4, -0.2) is 35.2 Å². The van der Waals surface area contributed by atoms with Gasteiger partial charge in [0.25, 0.3) is 0 Å². The highest BCUT2D eigenvalue weighted by molar-refractivity contribution is 6.32. The number of benzene rings is 2. The van der Waals surface area contributed by atoms with E-state index in [9.17, 15) is 9.59 Å². The highest BCUT2D eigenvalue weighted by Gasteiger charge is 2.22. The van der Waals surface area contributed by atoms with Gasteiger partial charge in [-0.25, -0.2) is 9.48 Å². The van der Waals surface area contributed by atoms with E-state index in [2.05, 4.69) is 5.10 Å². The number of aryl methyl sites for hydroxylation is 1. The maximum atomic E-state index is 12.5. The van der Waals surface area contributed by atoms with E-state index in [4.69, 9.17) is 21.1 Å². The highest BCUT2D eigenvalue weighted by atomic mass is 35.5. The minimum Gasteiger partial charge on any atom is -0.497 e. The molecule has 3 aromatic rings. The number of hydrogen-bond donors (Lipinski definition) is 0. The van der Waals surface area contributed by atoms with Crippen molar-refractivity contribution >= 4 is 23.4 Å². The number of ketones is 1. The molecule has 0 atom stereocenters. The fraction of sp³-hybridized carbons (Fsp3) is 0.190. The third-order valence-corrected chi connectivity index (χ3v) is 4.58. The molecular formula is C21H19ClN2O4. The largest absolute Gasteiger partial charge is 0.497 e. The molecule has 0 aliphatic carbocycles. The molecule has 0 bridgehead atoms. The Labute approximate surface area is 167 Å². The van der Waals surface area contributed by atoms with Crippen LogP contribution in [-0.2, 0) is 11.3 Å². The summed E-state index contributed by atoms with van der Waals surface area (Å²) in [5.41, 5.74) is 2.04. The van der Waals surface area contributed by atoms with Crippen LogP contribution in [0.5, 0.6) is 5.75 Å². The summed E-state index contributed by atoms with van der Waals surface area (Å²) in [5, 5.41) is 4.50.